The van der Waals surface area contributed by atoms with Crippen LogP contribution in [-0.4, -0.2) is 36.0 Å². The van der Waals surface area contributed by atoms with Crippen LogP contribution in [-0.2, 0) is 4.79 Å². The van der Waals surface area contributed by atoms with E-state index < -0.39 is 5.97 Å². The summed E-state index contributed by atoms with van der Waals surface area (Å²) in [5, 5.41) is 9.66. The molecule has 2 fully saturated rings. The Labute approximate surface area is 153 Å². The number of nitroso groups, excluding NO2 is 1. The lowest BCUT2D eigenvalue weighted by Crippen LogP contribution is -2.42. The first-order valence-corrected chi connectivity index (χ1v) is 9.43. The molecular weight excluding hydrogens is 340 g/mol. The summed E-state index contributed by atoms with van der Waals surface area (Å²) in [4.78, 5) is 24.7. The van der Waals surface area contributed by atoms with Gasteiger partial charge in [0.1, 0.15) is 0 Å². The molecule has 0 radical (unpaired) electrons. The second-order valence-electron chi connectivity index (χ2n) is 7.66. The normalized spacial score (nSPS) is 20.6. The molecule has 1 aliphatic heterocycles. The number of aliphatic carboxylic acids is 1. The molecule has 0 amide bonds. The van der Waals surface area contributed by atoms with Crippen molar-refractivity contribution in [3.63, 3.8) is 0 Å². The van der Waals surface area contributed by atoms with Gasteiger partial charge >= 0.3 is 5.97 Å². The third kappa shape index (κ3) is 4.14. The zero-order valence-electron chi connectivity index (χ0n) is 14.7. The van der Waals surface area contributed by atoms with Crippen LogP contribution in [0.1, 0.15) is 44.9 Å². The van der Waals surface area contributed by atoms with Crippen LogP contribution in [0.25, 0.3) is 0 Å². The van der Waals surface area contributed by atoms with Crippen LogP contribution in [0.5, 0.6) is 0 Å². The van der Waals surface area contributed by atoms with Gasteiger partial charge < -0.3 is 10.0 Å². The van der Waals surface area contributed by atoms with Crippen molar-refractivity contribution in [1.82, 2.24) is 0 Å². The smallest absolute Gasteiger partial charge is 0.303 e. The molecule has 0 atom stereocenters. The first-order valence-electron chi connectivity index (χ1n) is 9.06. The van der Waals surface area contributed by atoms with Crippen molar-refractivity contribution in [3.05, 3.63) is 28.1 Å². The Hall–Kier alpha value is -1.62. The minimum Gasteiger partial charge on any atom is -0.481 e. The van der Waals surface area contributed by atoms with E-state index in [0.29, 0.717) is 28.5 Å². The minimum absolute atomic E-state index is 0.313. The molecule has 6 heteroatoms. The van der Waals surface area contributed by atoms with Crippen molar-refractivity contribution in [2.75, 3.05) is 25.0 Å². The largest absolute Gasteiger partial charge is 0.481 e. The average Bonchev–Trinajstić information content (AvgIpc) is 2.58. The number of carbonyl (C=O) groups is 1. The number of carboxylic acid groups (broad SMARTS) is 1. The van der Waals surface area contributed by atoms with Crippen molar-refractivity contribution >= 4 is 28.9 Å². The Balaban J connectivity index is 1.62. The molecule has 0 bridgehead atoms. The molecule has 1 saturated heterocycles. The topological polar surface area (TPSA) is 60.6 Å². The highest BCUT2D eigenvalue weighted by molar-refractivity contribution is 6.33. The second kappa shape index (κ2) is 7.32. The number of carboxylic acids is 1. The van der Waals surface area contributed by atoms with Gasteiger partial charge in [0.05, 0.1) is 10.7 Å². The van der Waals surface area contributed by atoms with Gasteiger partial charge in [-0.05, 0) is 55.9 Å². The monoisotopic (exact) mass is 365 g/mol. The summed E-state index contributed by atoms with van der Waals surface area (Å²) in [7, 11) is 1.49. The number of anilines is 1. The van der Waals surface area contributed by atoms with E-state index in [9.17, 15) is 9.70 Å². The van der Waals surface area contributed by atoms with Crippen molar-refractivity contribution in [2.24, 2.45) is 11.3 Å². The lowest BCUT2D eigenvalue weighted by molar-refractivity contribution is -0.428. The molecule has 1 N–H and O–H groups in total. The molecule has 2 aliphatic rings. The number of halogens is 1. The Morgan fingerprint density at radius 1 is 1.28 bits per heavy atom. The molecule has 136 valence electrons. The van der Waals surface area contributed by atoms with Gasteiger partial charge in [0, 0.05) is 41.3 Å². The van der Waals surface area contributed by atoms with E-state index in [2.05, 4.69) is 4.90 Å². The number of rotatable bonds is 4. The third-order valence-electron chi connectivity index (χ3n) is 6.09. The molecule has 5 nitrogen and oxygen atoms in total. The maximum absolute atomic E-state index is 11.6. The van der Waals surface area contributed by atoms with Gasteiger partial charge in [-0.3, -0.25) is 4.79 Å². The summed E-state index contributed by atoms with van der Waals surface area (Å²) in [5.41, 5.74) is 1.93. The SMILES string of the molecule is C[N+](=O)c1ccc(Cl)c(N2CCC3(CCC(CC(=O)O)CC3)CC2)c1. The molecule has 1 heterocycles. The number of piperidine rings is 1. The van der Waals surface area contributed by atoms with Gasteiger partial charge in [-0.2, -0.15) is 0 Å². The average molecular weight is 366 g/mol. The predicted molar refractivity (Wildman–Crippen MR) is 98.8 cm³/mol. The zero-order valence-corrected chi connectivity index (χ0v) is 15.5. The maximum atomic E-state index is 11.6. The van der Waals surface area contributed by atoms with Crippen LogP contribution in [0.4, 0.5) is 11.4 Å². The van der Waals surface area contributed by atoms with Gasteiger partial charge in [-0.1, -0.05) is 11.6 Å². The summed E-state index contributed by atoms with van der Waals surface area (Å²) in [6.07, 6.45) is 6.87. The maximum Gasteiger partial charge on any atom is 0.303 e. The van der Waals surface area contributed by atoms with Crippen molar-refractivity contribution in [2.45, 2.75) is 44.9 Å². The quantitative estimate of drug-likeness (QED) is 0.790. The number of hydrogen-bond acceptors (Lipinski definition) is 3. The molecule has 3 rings (SSSR count). The van der Waals surface area contributed by atoms with Crippen molar-refractivity contribution in [1.29, 1.82) is 0 Å². The molecule has 25 heavy (non-hydrogen) atoms. The Morgan fingerprint density at radius 2 is 1.92 bits per heavy atom. The molecule has 0 aromatic heterocycles. The molecule has 1 spiro atoms. The second-order valence-corrected chi connectivity index (χ2v) is 8.07. The van der Waals surface area contributed by atoms with E-state index in [-0.39, 0.29) is 0 Å². The number of nitrogens with zero attached hydrogens (tertiary/aromatic N) is 2. The lowest BCUT2D eigenvalue weighted by Gasteiger charge is -2.46. The Kier molecular flexibility index (Phi) is 5.32. The predicted octanol–water partition coefficient (Wildman–Crippen LogP) is 4.63. The molecule has 1 saturated carbocycles. The third-order valence-corrected chi connectivity index (χ3v) is 6.41. The first-order chi connectivity index (χ1) is 11.9. The summed E-state index contributed by atoms with van der Waals surface area (Å²) in [6, 6.07) is 5.41. The van der Waals surface area contributed by atoms with Gasteiger partial charge in [-0.25, -0.2) is 0 Å². The molecular formula is C19H26ClN2O3+. The Morgan fingerprint density at radius 3 is 2.48 bits per heavy atom. The van der Waals surface area contributed by atoms with Crippen LogP contribution in [0, 0.1) is 16.2 Å². The van der Waals surface area contributed by atoms with Crippen LogP contribution in [0.3, 0.4) is 0 Å². The number of benzene rings is 1. The van der Waals surface area contributed by atoms with Crippen molar-refractivity contribution < 1.29 is 14.7 Å². The van der Waals surface area contributed by atoms with Gasteiger partial charge in [0.15, 0.2) is 7.05 Å². The molecule has 0 unspecified atom stereocenters. The molecule has 1 aromatic rings. The van der Waals surface area contributed by atoms with Crippen LogP contribution >= 0.6 is 11.6 Å². The summed E-state index contributed by atoms with van der Waals surface area (Å²) >= 11 is 6.36. The van der Waals surface area contributed by atoms with Crippen LogP contribution in [0.15, 0.2) is 18.2 Å². The lowest BCUT2D eigenvalue weighted by atomic mass is 9.65. The van der Waals surface area contributed by atoms with Gasteiger partial charge in [0.2, 0.25) is 0 Å². The van der Waals surface area contributed by atoms with Gasteiger partial charge in [-0.15, -0.1) is 0 Å². The summed E-state index contributed by atoms with van der Waals surface area (Å²) in [6.45, 7) is 1.88. The standard InChI is InChI=1S/C19H25ClN2O3/c1-21(25)15-2-3-16(20)17(13-15)22-10-8-19(9-11-22)6-4-14(5-7-19)12-18(23)24/h2-3,13-14H,4-12H2,1H3/p+1. The fourth-order valence-corrected chi connectivity index (χ4v) is 4.64. The van der Waals surface area contributed by atoms with E-state index in [1.54, 1.807) is 12.1 Å². The van der Waals surface area contributed by atoms with E-state index in [0.717, 1.165) is 62.1 Å². The fraction of sp³-hybridized carbons (Fsp3) is 0.632. The number of hydrogen-bond donors (Lipinski definition) is 1. The minimum atomic E-state index is -0.673. The Bertz CT molecular complexity index is 659. The summed E-state index contributed by atoms with van der Waals surface area (Å²) < 4.78 is 0.856. The summed E-state index contributed by atoms with van der Waals surface area (Å²) in [5.74, 6) is -0.325. The highest BCUT2D eigenvalue weighted by Crippen LogP contribution is 2.48. The highest BCUT2D eigenvalue weighted by Gasteiger charge is 2.38. The van der Waals surface area contributed by atoms with E-state index >= 15 is 0 Å². The van der Waals surface area contributed by atoms with E-state index in [1.807, 2.05) is 6.07 Å². The van der Waals surface area contributed by atoms with E-state index in [4.69, 9.17) is 16.7 Å². The van der Waals surface area contributed by atoms with Crippen LogP contribution in [0.2, 0.25) is 5.02 Å². The van der Waals surface area contributed by atoms with Crippen molar-refractivity contribution in [3.8, 4) is 0 Å². The zero-order chi connectivity index (χ0) is 18.0. The molecule has 1 aromatic carbocycles. The van der Waals surface area contributed by atoms with Crippen LogP contribution < -0.4 is 4.90 Å². The van der Waals surface area contributed by atoms with E-state index in [1.165, 1.54) is 7.05 Å². The van der Waals surface area contributed by atoms with Gasteiger partial charge in [0.25, 0.3) is 5.69 Å². The highest BCUT2D eigenvalue weighted by atomic mass is 35.5. The first kappa shape index (κ1) is 18.2. The fourth-order valence-electron chi connectivity index (χ4n) is 4.40. The molecule has 1 aliphatic carbocycles.